The predicted octanol–water partition coefficient (Wildman–Crippen LogP) is 4.55. The molecule has 3 aromatic rings. The lowest BCUT2D eigenvalue weighted by Gasteiger charge is -2.09. The van der Waals surface area contributed by atoms with Gasteiger partial charge in [0.2, 0.25) is 0 Å². The fraction of sp³-hybridized carbons (Fsp3) is 0.133. The summed E-state index contributed by atoms with van der Waals surface area (Å²) in [7, 11) is 1.97. The summed E-state index contributed by atoms with van der Waals surface area (Å²) in [5.74, 6) is 0.824. The van der Waals surface area contributed by atoms with E-state index in [9.17, 15) is 0 Å². The van der Waals surface area contributed by atoms with E-state index in [2.05, 4.69) is 4.98 Å². The van der Waals surface area contributed by atoms with Gasteiger partial charge in [-0.3, -0.25) is 0 Å². The number of hydrogen-bond donors (Lipinski definition) is 0. The van der Waals surface area contributed by atoms with Gasteiger partial charge in [-0.1, -0.05) is 41.9 Å². The molecule has 0 spiro atoms. The average molecular weight is 291 g/mol. The molecule has 0 radical (unpaired) electrons. The molecular weight excluding hydrogens is 279 g/mol. The van der Waals surface area contributed by atoms with Gasteiger partial charge < -0.3 is 4.57 Å². The molecule has 0 saturated carbocycles. The number of halogens is 2. The molecule has 3 rings (SSSR count). The molecule has 2 nitrogen and oxygen atoms in total. The Balaban J connectivity index is 2.13. The van der Waals surface area contributed by atoms with E-state index in [-0.39, 0.29) is 5.38 Å². The Hall–Kier alpha value is -1.51. The summed E-state index contributed by atoms with van der Waals surface area (Å²) in [5.41, 5.74) is 2.93. The van der Waals surface area contributed by atoms with Crippen LogP contribution in [0.3, 0.4) is 0 Å². The zero-order chi connectivity index (χ0) is 13.4. The molecule has 0 aliphatic carbocycles. The third-order valence-electron chi connectivity index (χ3n) is 3.20. The third kappa shape index (κ3) is 2.22. The van der Waals surface area contributed by atoms with Crippen LogP contribution in [0.5, 0.6) is 0 Å². The first-order chi connectivity index (χ1) is 9.16. The summed E-state index contributed by atoms with van der Waals surface area (Å²) in [5, 5.41) is 0.417. The molecule has 0 aliphatic heterocycles. The van der Waals surface area contributed by atoms with Crippen LogP contribution >= 0.6 is 23.2 Å². The second-order valence-corrected chi connectivity index (χ2v) is 5.31. The van der Waals surface area contributed by atoms with Gasteiger partial charge in [0.15, 0.2) is 0 Å². The Morgan fingerprint density at radius 3 is 2.58 bits per heavy atom. The molecule has 0 amide bonds. The van der Waals surface area contributed by atoms with Crippen LogP contribution in [0.15, 0.2) is 48.5 Å². The number of rotatable bonds is 2. The van der Waals surface area contributed by atoms with Crippen molar-refractivity contribution in [3.8, 4) is 0 Å². The van der Waals surface area contributed by atoms with Crippen molar-refractivity contribution in [1.82, 2.24) is 9.55 Å². The Morgan fingerprint density at radius 1 is 1.11 bits per heavy atom. The van der Waals surface area contributed by atoms with Gasteiger partial charge in [0.05, 0.1) is 11.0 Å². The largest absolute Gasteiger partial charge is 0.330 e. The average Bonchev–Trinajstić information content (AvgIpc) is 2.75. The van der Waals surface area contributed by atoms with Crippen molar-refractivity contribution in [3.63, 3.8) is 0 Å². The summed E-state index contributed by atoms with van der Waals surface area (Å²) in [6, 6.07) is 15.6. The van der Waals surface area contributed by atoms with Crippen LogP contribution in [0.2, 0.25) is 5.02 Å². The minimum atomic E-state index is -0.266. The van der Waals surface area contributed by atoms with Crippen LogP contribution in [0.4, 0.5) is 0 Å². The zero-order valence-electron chi connectivity index (χ0n) is 10.3. The smallest absolute Gasteiger partial charge is 0.132 e. The van der Waals surface area contributed by atoms with E-state index in [0.29, 0.717) is 5.02 Å². The number of nitrogens with zero attached hydrogens (tertiary/aromatic N) is 2. The molecule has 2 aromatic carbocycles. The first-order valence-electron chi connectivity index (χ1n) is 5.97. The number of benzene rings is 2. The Labute approximate surface area is 121 Å². The normalized spacial score (nSPS) is 12.8. The fourth-order valence-corrected chi connectivity index (χ4v) is 2.70. The third-order valence-corrected chi connectivity index (χ3v) is 3.88. The SMILES string of the molecule is Cn1c(C(Cl)c2ccccc2)nc2cc(Cl)ccc21. The van der Waals surface area contributed by atoms with Crippen molar-refractivity contribution in [2.75, 3.05) is 0 Å². The first kappa shape index (κ1) is 12.5. The molecular formula is C15H12Cl2N2. The van der Waals surface area contributed by atoms with Crippen LogP contribution in [-0.2, 0) is 7.05 Å². The van der Waals surface area contributed by atoms with Gasteiger partial charge in [0.1, 0.15) is 11.2 Å². The minimum Gasteiger partial charge on any atom is -0.330 e. The van der Waals surface area contributed by atoms with Gasteiger partial charge in [-0.15, -0.1) is 11.6 Å². The molecule has 96 valence electrons. The van der Waals surface area contributed by atoms with E-state index in [0.717, 1.165) is 22.4 Å². The lowest BCUT2D eigenvalue weighted by atomic mass is 10.1. The number of aromatic nitrogens is 2. The molecule has 1 heterocycles. The van der Waals surface area contributed by atoms with E-state index < -0.39 is 0 Å². The minimum absolute atomic E-state index is 0.266. The highest BCUT2D eigenvalue weighted by molar-refractivity contribution is 6.31. The van der Waals surface area contributed by atoms with Crippen molar-refractivity contribution >= 4 is 34.2 Å². The van der Waals surface area contributed by atoms with Crippen LogP contribution in [0.25, 0.3) is 11.0 Å². The van der Waals surface area contributed by atoms with Gasteiger partial charge in [0.25, 0.3) is 0 Å². The number of aryl methyl sites for hydroxylation is 1. The highest BCUT2D eigenvalue weighted by atomic mass is 35.5. The summed E-state index contributed by atoms with van der Waals surface area (Å²) in [6.07, 6.45) is 0. The summed E-state index contributed by atoms with van der Waals surface area (Å²) < 4.78 is 2.01. The highest BCUT2D eigenvalue weighted by Crippen LogP contribution is 2.30. The molecule has 0 fully saturated rings. The van der Waals surface area contributed by atoms with Crippen LogP contribution in [0, 0.1) is 0 Å². The van der Waals surface area contributed by atoms with Gasteiger partial charge >= 0.3 is 0 Å². The standard InChI is InChI=1S/C15H12Cl2N2/c1-19-13-8-7-11(16)9-12(13)18-15(19)14(17)10-5-3-2-4-6-10/h2-9,14H,1H3. The van der Waals surface area contributed by atoms with Gasteiger partial charge in [-0.05, 0) is 23.8 Å². The maximum atomic E-state index is 6.53. The molecule has 0 N–H and O–H groups in total. The lowest BCUT2D eigenvalue weighted by Crippen LogP contribution is -2.02. The monoisotopic (exact) mass is 290 g/mol. The summed E-state index contributed by atoms with van der Waals surface area (Å²) in [4.78, 5) is 4.60. The lowest BCUT2D eigenvalue weighted by molar-refractivity contribution is 0.830. The fourth-order valence-electron chi connectivity index (χ4n) is 2.19. The topological polar surface area (TPSA) is 17.8 Å². The number of hydrogen-bond acceptors (Lipinski definition) is 1. The Morgan fingerprint density at radius 2 is 1.84 bits per heavy atom. The molecule has 19 heavy (non-hydrogen) atoms. The molecule has 0 aliphatic rings. The van der Waals surface area contributed by atoms with E-state index in [1.165, 1.54) is 0 Å². The summed E-state index contributed by atoms with van der Waals surface area (Å²) in [6.45, 7) is 0. The number of fused-ring (bicyclic) bond motifs is 1. The van der Waals surface area contributed by atoms with E-state index in [1.807, 2.05) is 60.1 Å². The van der Waals surface area contributed by atoms with E-state index >= 15 is 0 Å². The van der Waals surface area contributed by atoms with Crippen molar-refractivity contribution < 1.29 is 0 Å². The van der Waals surface area contributed by atoms with E-state index in [4.69, 9.17) is 23.2 Å². The van der Waals surface area contributed by atoms with Gasteiger partial charge in [0, 0.05) is 12.1 Å². The summed E-state index contributed by atoms with van der Waals surface area (Å²) >= 11 is 12.5. The van der Waals surface area contributed by atoms with Crippen molar-refractivity contribution in [2.24, 2.45) is 7.05 Å². The number of alkyl halides is 1. The van der Waals surface area contributed by atoms with Crippen LogP contribution in [-0.4, -0.2) is 9.55 Å². The quantitative estimate of drug-likeness (QED) is 0.633. The first-order valence-corrected chi connectivity index (χ1v) is 6.79. The van der Waals surface area contributed by atoms with Crippen LogP contribution < -0.4 is 0 Å². The maximum Gasteiger partial charge on any atom is 0.132 e. The molecule has 1 atom stereocenters. The van der Waals surface area contributed by atoms with Gasteiger partial charge in [-0.2, -0.15) is 0 Å². The molecule has 4 heteroatoms. The Kier molecular flexibility index (Phi) is 3.21. The Bertz CT molecular complexity index is 720. The molecule has 0 saturated heterocycles. The zero-order valence-corrected chi connectivity index (χ0v) is 11.9. The van der Waals surface area contributed by atoms with E-state index in [1.54, 1.807) is 0 Å². The highest BCUT2D eigenvalue weighted by Gasteiger charge is 2.17. The molecule has 1 unspecified atom stereocenters. The molecule has 1 aromatic heterocycles. The van der Waals surface area contributed by atoms with Crippen molar-refractivity contribution in [3.05, 3.63) is 64.9 Å². The maximum absolute atomic E-state index is 6.53. The van der Waals surface area contributed by atoms with Gasteiger partial charge in [-0.25, -0.2) is 4.98 Å². The predicted molar refractivity (Wildman–Crippen MR) is 79.9 cm³/mol. The molecule has 0 bridgehead atoms. The van der Waals surface area contributed by atoms with Crippen molar-refractivity contribution in [1.29, 1.82) is 0 Å². The van der Waals surface area contributed by atoms with Crippen LogP contribution in [0.1, 0.15) is 16.8 Å². The number of imidazole rings is 1. The second kappa shape index (κ2) is 4.87. The van der Waals surface area contributed by atoms with Crippen molar-refractivity contribution in [2.45, 2.75) is 5.38 Å². The second-order valence-electron chi connectivity index (χ2n) is 4.44.